The molecule has 0 radical (unpaired) electrons. The Kier molecular flexibility index (Phi) is 7.83. The Labute approximate surface area is 98.4 Å². The van der Waals surface area contributed by atoms with Gasteiger partial charge < -0.3 is 15.3 Å². The van der Waals surface area contributed by atoms with E-state index in [4.69, 9.17) is 25.8 Å². The van der Waals surface area contributed by atoms with Crippen LogP contribution in [0, 0.1) is 0 Å². The predicted molar refractivity (Wildman–Crippen MR) is 63.1 cm³/mol. The number of hydrogen-bond acceptors (Lipinski definition) is 5. The molecule has 0 amide bonds. The molecule has 0 heterocycles. The van der Waals surface area contributed by atoms with Crippen LogP contribution in [0.1, 0.15) is 0 Å². The van der Waals surface area contributed by atoms with Crippen molar-refractivity contribution >= 4 is 0 Å². The summed E-state index contributed by atoms with van der Waals surface area (Å²) < 4.78 is 0. The summed E-state index contributed by atoms with van der Waals surface area (Å²) >= 11 is 0. The average Bonchev–Trinajstić information content (AvgIpc) is 2.37. The topological polar surface area (TPSA) is 101 Å². The summed E-state index contributed by atoms with van der Waals surface area (Å²) in [7, 11) is 0. The number of hydrogen-bond donors (Lipinski definition) is 5. The smallest absolute Gasteiger partial charge is 0.157 e. The van der Waals surface area contributed by atoms with E-state index >= 15 is 0 Å². The Morgan fingerprint density at radius 2 is 0.882 bits per heavy atom. The SMILES string of the molecule is OO.Oc1ccccc1.Oc1ccccc1O. The second-order valence-electron chi connectivity index (χ2n) is 2.82. The van der Waals surface area contributed by atoms with Crippen molar-refractivity contribution in [1.29, 1.82) is 0 Å². The first-order chi connectivity index (χ1) is 8.20. The van der Waals surface area contributed by atoms with Gasteiger partial charge in [-0.15, -0.1) is 0 Å². The molecule has 0 spiro atoms. The van der Waals surface area contributed by atoms with E-state index < -0.39 is 0 Å². The van der Waals surface area contributed by atoms with Crippen LogP contribution in [-0.2, 0) is 0 Å². The second-order valence-corrected chi connectivity index (χ2v) is 2.82. The molecule has 0 fully saturated rings. The molecular weight excluding hydrogens is 224 g/mol. The molecule has 0 saturated heterocycles. The lowest BCUT2D eigenvalue weighted by Crippen LogP contribution is -1.63. The lowest BCUT2D eigenvalue weighted by molar-refractivity contribution is -0.176. The molecule has 2 rings (SSSR count). The largest absolute Gasteiger partial charge is 0.508 e. The van der Waals surface area contributed by atoms with Gasteiger partial charge >= 0.3 is 0 Å². The monoisotopic (exact) mass is 238 g/mol. The highest BCUT2D eigenvalue weighted by atomic mass is 17.0. The molecule has 2 aromatic carbocycles. The summed E-state index contributed by atoms with van der Waals surface area (Å²) in [4.78, 5) is 0. The van der Waals surface area contributed by atoms with Gasteiger partial charge in [0, 0.05) is 0 Å². The zero-order chi connectivity index (χ0) is 13.1. The number of phenols is 3. The molecule has 17 heavy (non-hydrogen) atoms. The van der Waals surface area contributed by atoms with E-state index in [2.05, 4.69) is 0 Å². The molecule has 92 valence electrons. The van der Waals surface area contributed by atoms with Crippen LogP contribution in [0.15, 0.2) is 54.6 Å². The van der Waals surface area contributed by atoms with Crippen molar-refractivity contribution in [1.82, 2.24) is 0 Å². The number of benzene rings is 2. The Hall–Kier alpha value is -2.24. The quantitative estimate of drug-likeness (QED) is 0.276. The molecular formula is C12H14O5. The fraction of sp³-hybridized carbons (Fsp3) is 0. The van der Waals surface area contributed by atoms with Crippen molar-refractivity contribution in [2.24, 2.45) is 0 Å². The van der Waals surface area contributed by atoms with Crippen LogP contribution in [0.25, 0.3) is 0 Å². The average molecular weight is 238 g/mol. The highest BCUT2D eigenvalue weighted by Gasteiger charge is 1.90. The van der Waals surface area contributed by atoms with E-state index in [1.165, 1.54) is 12.1 Å². The van der Waals surface area contributed by atoms with Gasteiger partial charge in [-0.25, -0.2) is 0 Å². The highest BCUT2D eigenvalue weighted by molar-refractivity contribution is 5.36. The van der Waals surface area contributed by atoms with E-state index in [0.29, 0.717) is 5.75 Å². The maximum atomic E-state index is 8.67. The standard InChI is InChI=1S/C6H6O2.C6H6O.H2O2/c7-5-3-1-2-4-6(5)8;7-6-4-2-1-3-5-6;1-2/h1-4,7-8H;1-5,7H;1-2H. The van der Waals surface area contributed by atoms with Gasteiger partial charge in [0.15, 0.2) is 11.5 Å². The molecule has 5 nitrogen and oxygen atoms in total. The molecule has 0 aliphatic heterocycles. The molecule has 0 unspecified atom stereocenters. The maximum Gasteiger partial charge on any atom is 0.157 e. The van der Waals surface area contributed by atoms with Crippen molar-refractivity contribution in [2.45, 2.75) is 0 Å². The van der Waals surface area contributed by atoms with Gasteiger partial charge in [0.25, 0.3) is 0 Å². The van der Waals surface area contributed by atoms with Gasteiger partial charge in [0.2, 0.25) is 0 Å². The van der Waals surface area contributed by atoms with Crippen LogP contribution >= 0.6 is 0 Å². The van der Waals surface area contributed by atoms with E-state index in [1.54, 1.807) is 36.4 Å². The third kappa shape index (κ3) is 6.77. The minimum atomic E-state index is -0.0764. The highest BCUT2D eigenvalue weighted by Crippen LogP contribution is 2.21. The molecule has 0 saturated carbocycles. The Bertz CT molecular complexity index is 382. The third-order valence-corrected chi connectivity index (χ3v) is 1.64. The molecule has 0 aliphatic rings. The van der Waals surface area contributed by atoms with Gasteiger partial charge in [0.05, 0.1) is 0 Å². The zero-order valence-corrected chi connectivity index (χ0v) is 8.93. The van der Waals surface area contributed by atoms with Gasteiger partial charge in [-0.1, -0.05) is 30.3 Å². The van der Waals surface area contributed by atoms with E-state index in [1.807, 2.05) is 6.07 Å². The van der Waals surface area contributed by atoms with Crippen molar-refractivity contribution < 1.29 is 25.8 Å². The van der Waals surface area contributed by atoms with Crippen LogP contribution in [0.5, 0.6) is 17.2 Å². The molecule has 0 bridgehead atoms. The molecule has 0 atom stereocenters. The second kappa shape index (κ2) is 9.02. The van der Waals surface area contributed by atoms with Gasteiger partial charge in [-0.3, -0.25) is 10.5 Å². The minimum absolute atomic E-state index is 0.0764. The fourth-order valence-corrected chi connectivity index (χ4v) is 0.892. The lowest BCUT2D eigenvalue weighted by atomic mass is 10.3. The Morgan fingerprint density at radius 1 is 0.529 bits per heavy atom. The number of phenolic OH excluding ortho intramolecular Hbond substituents is 3. The lowest BCUT2D eigenvalue weighted by Gasteiger charge is -1.91. The van der Waals surface area contributed by atoms with E-state index in [9.17, 15) is 0 Å². The summed E-state index contributed by atoms with van der Waals surface area (Å²) in [6, 6.07) is 14.9. The maximum absolute atomic E-state index is 8.67. The summed E-state index contributed by atoms with van der Waals surface area (Å²) in [5.74, 6) is 0.169. The van der Waals surface area contributed by atoms with Crippen molar-refractivity contribution in [3.8, 4) is 17.2 Å². The molecule has 0 aromatic heterocycles. The van der Waals surface area contributed by atoms with Crippen LogP contribution < -0.4 is 0 Å². The molecule has 5 N–H and O–H groups in total. The molecule has 0 aliphatic carbocycles. The predicted octanol–water partition coefficient (Wildman–Crippen LogP) is 2.51. The van der Waals surface area contributed by atoms with Crippen molar-refractivity contribution in [2.75, 3.05) is 0 Å². The first-order valence-electron chi connectivity index (χ1n) is 4.61. The number of aromatic hydroxyl groups is 3. The summed E-state index contributed by atoms with van der Waals surface area (Å²) in [5, 5.41) is 38.0. The number of rotatable bonds is 0. The fourth-order valence-electron chi connectivity index (χ4n) is 0.892. The molecule has 2 aromatic rings. The van der Waals surface area contributed by atoms with Crippen LogP contribution in [-0.4, -0.2) is 25.8 Å². The number of para-hydroxylation sites is 3. The van der Waals surface area contributed by atoms with Gasteiger partial charge in [0.1, 0.15) is 5.75 Å². The Morgan fingerprint density at radius 3 is 1.12 bits per heavy atom. The summed E-state index contributed by atoms with van der Waals surface area (Å²) in [5.41, 5.74) is 0. The first-order valence-corrected chi connectivity index (χ1v) is 4.61. The Balaban J connectivity index is 0.000000265. The zero-order valence-electron chi connectivity index (χ0n) is 8.93. The minimum Gasteiger partial charge on any atom is -0.508 e. The van der Waals surface area contributed by atoms with Crippen molar-refractivity contribution in [3.63, 3.8) is 0 Å². The van der Waals surface area contributed by atoms with E-state index in [0.717, 1.165) is 0 Å². The van der Waals surface area contributed by atoms with Gasteiger partial charge in [-0.2, -0.15) is 0 Å². The van der Waals surface area contributed by atoms with E-state index in [-0.39, 0.29) is 11.5 Å². The normalized spacial score (nSPS) is 8.12. The van der Waals surface area contributed by atoms with Gasteiger partial charge in [-0.05, 0) is 24.3 Å². The summed E-state index contributed by atoms with van der Waals surface area (Å²) in [6.45, 7) is 0. The third-order valence-electron chi connectivity index (χ3n) is 1.64. The first kappa shape index (κ1) is 14.8. The van der Waals surface area contributed by atoms with Crippen LogP contribution in [0.3, 0.4) is 0 Å². The van der Waals surface area contributed by atoms with Crippen LogP contribution in [0.4, 0.5) is 0 Å². The summed E-state index contributed by atoms with van der Waals surface area (Å²) in [6.07, 6.45) is 0. The van der Waals surface area contributed by atoms with Crippen molar-refractivity contribution in [3.05, 3.63) is 54.6 Å². The molecule has 5 heteroatoms. The van der Waals surface area contributed by atoms with Crippen LogP contribution in [0.2, 0.25) is 0 Å².